The lowest BCUT2D eigenvalue weighted by molar-refractivity contribution is -0.146. The van der Waals surface area contributed by atoms with Crippen molar-refractivity contribution in [3.8, 4) is 0 Å². The van der Waals surface area contributed by atoms with Gasteiger partial charge in [-0.2, -0.15) is 0 Å². The Morgan fingerprint density at radius 1 is 1.38 bits per heavy atom. The molecule has 0 aromatic carbocycles. The number of rotatable bonds is 4. The molecule has 1 aliphatic carbocycles. The zero-order valence-electron chi connectivity index (χ0n) is 9.88. The third-order valence-electron chi connectivity index (χ3n) is 3.10. The van der Waals surface area contributed by atoms with Gasteiger partial charge in [0.2, 0.25) is 5.91 Å². The van der Waals surface area contributed by atoms with Crippen LogP contribution >= 0.6 is 0 Å². The maximum absolute atomic E-state index is 11.7. The maximum Gasteiger partial charge on any atom is 0.328 e. The van der Waals surface area contributed by atoms with Crippen molar-refractivity contribution in [3.63, 3.8) is 0 Å². The van der Waals surface area contributed by atoms with Gasteiger partial charge in [0.15, 0.2) is 0 Å². The number of hydrogen-bond acceptors (Lipinski definition) is 3. The van der Waals surface area contributed by atoms with Crippen LogP contribution in [0.2, 0.25) is 0 Å². The lowest BCUT2D eigenvalue weighted by Gasteiger charge is -2.26. The molecule has 92 valence electrons. The molecule has 5 nitrogen and oxygen atoms in total. The zero-order chi connectivity index (χ0) is 12.4. The van der Waals surface area contributed by atoms with E-state index >= 15 is 0 Å². The molecule has 0 radical (unpaired) electrons. The van der Waals surface area contributed by atoms with Gasteiger partial charge >= 0.3 is 5.97 Å². The van der Waals surface area contributed by atoms with Crippen LogP contribution in [-0.2, 0) is 9.59 Å². The van der Waals surface area contributed by atoms with Gasteiger partial charge in [0.1, 0.15) is 5.54 Å². The lowest BCUT2D eigenvalue weighted by atomic mass is 9.93. The molecule has 0 atom stereocenters. The molecule has 0 bridgehead atoms. The zero-order valence-corrected chi connectivity index (χ0v) is 9.88. The highest BCUT2D eigenvalue weighted by Crippen LogP contribution is 2.30. The number of nitrogens with two attached hydrogens (primary N) is 1. The number of carbonyl (C=O) groups excluding carboxylic acids is 1. The summed E-state index contributed by atoms with van der Waals surface area (Å²) in [5.41, 5.74) is 4.38. The van der Waals surface area contributed by atoms with Gasteiger partial charge in [-0.3, -0.25) is 4.79 Å². The van der Waals surface area contributed by atoms with Crippen molar-refractivity contribution in [2.45, 2.75) is 57.0 Å². The second-order valence-electron chi connectivity index (χ2n) is 5.22. The first-order chi connectivity index (χ1) is 7.25. The molecule has 0 unspecified atom stereocenters. The summed E-state index contributed by atoms with van der Waals surface area (Å²) < 4.78 is 0. The molecule has 0 saturated heterocycles. The molecule has 1 rings (SSSR count). The van der Waals surface area contributed by atoms with Gasteiger partial charge in [-0.1, -0.05) is 12.8 Å². The number of nitrogens with one attached hydrogen (secondary N) is 1. The quantitative estimate of drug-likeness (QED) is 0.658. The second kappa shape index (κ2) is 4.41. The Bertz CT molecular complexity index is 294. The Morgan fingerprint density at radius 2 is 1.88 bits per heavy atom. The number of carboxylic acids is 1. The van der Waals surface area contributed by atoms with Crippen LogP contribution in [0.4, 0.5) is 0 Å². The average Bonchev–Trinajstić information content (AvgIpc) is 2.49. The van der Waals surface area contributed by atoms with Gasteiger partial charge in [0.05, 0.1) is 0 Å². The van der Waals surface area contributed by atoms with Crippen molar-refractivity contribution in [1.29, 1.82) is 0 Å². The van der Waals surface area contributed by atoms with E-state index in [9.17, 15) is 9.59 Å². The summed E-state index contributed by atoms with van der Waals surface area (Å²) in [4.78, 5) is 22.5. The number of hydrogen-bond donors (Lipinski definition) is 3. The molecule has 0 aromatic rings. The fourth-order valence-corrected chi connectivity index (χ4v) is 2.02. The SMILES string of the molecule is CC(C)(NC(=O)CC1(N)CCCC1)C(=O)O. The summed E-state index contributed by atoms with van der Waals surface area (Å²) in [7, 11) is 0. The van der Waals surface area contributed by atoms with Crippen molar-refractivity contribution in [3.05, 3.63) is 0 Å². The third kappa shape index (κ3) is 3.20. The normalized spacial score (nSPS) is 19.4. The molecule has 1 fully saturated rings. The highest BCUT2D eigenvalue weighted by Gasteiger charge is 2.35. The fourth-order valence-electron chi connectivity index (χ4n) is 2.02. The van der Waals surface area contributed by atoms with Crippen molar-refractivity contribution in [2.75, 3.05) is 0 Å². The minimum Gasteiger partial charge on any atom is -0.480 e. The van der Waals surface area contributed by atoms with Crippen molar-refractivity contribution in [1.82, 2.24) is 5.32 Å². The first-order valence-corrected chi connectivity index (χ1v) is 5.58. The van der Waals surface area contributed by atoms with Crippen LogP contribution in [0.15, 0.2) is 0 Å². The highest BCUT2D eigenvalue weighted by atomic mass is 16.4. The summed E-state index contributed by atoms with van der Waals surface area (Å²) in [6, 6.07) is 0. The van der Waals surface area contributed by atoms with Crippen molar-refractivity contribution >= 4 is 11.9 Å². The van der Waals surface area contributed by atoms with E-state index in [-0.39, 0.29) is 12.3 Å². The lowest BCUT2D eigenvalue weighted by Crippen LogP contribution is -2.52. The molecule has 0 heterocycles. The predicted molar refractivity (Wildman–Crippen MR) is 59.9 cm³/mol. The Morgan fingerprint density at radius 3 is 2.31 bits per heavy atom. The Kier molecular flexibility index (Phi) is 3.57. The number of amides is 1. The van der Waals surface area contributed by atoms with Gasteiger partial charge < -0.3 is 16.2 Å². The Balaban J connectivity index is 2.50. The van der Waals surface area contributed by atoms with Crippen LogP contribution in [0.1, 0.15) is 46.0 Å². The van der Waals surface area contributed by atoms with Crippen molar-refractivity contribution in [2.24, 2.45) is 5.73 Å². The smallest absolute Gasteiger partial charge is 0.328 e. The first kappa shape index (κ1) is 13.0. The number of aliphatic carboxylic acids is 1. The van der Waals surface area contributed by atoms with Gasteiger partial charge in [-0.15, -0.1) is 0 Å². The van der Waals surface area contributed by atoms with Crippen LogP contribution in [0.25, 0.3) is 0 Å². The van der Waals surface area contributed by atoms with Gasteiger partial charge in [0.25, 0.3) is 0 Å². The molecule has 16 heavy (non-hydrogen) atoms. The summed E-state index contributed by atoms with van der Waals surface area (Å²) in [5.74, 6) is -1.32. The minimum absolute atomic E-state index is 0.212. The Hall–Kier alpha value is -1.10. The van der Waals surface area contributed by atoms with Crippen LogP contribution < -0.4 is 11.1 Å². The van der Waals surface area contributed by atoms with E-state index in [1.165, 1.54) is 13.8 Å². The molecular formula is C11H20N2O3. The third-order valence-corrected chi connectivity index (χ3v) is 3.10. The van der Waals surface area contributed by atoms with Gasteiger partial charge in [-0.05, 0) is 26.7 Å². The topological polar surface area (TPSA) is 92.4 Å². The summed E-state index contributed by atoms with van der Waals surface area (Å²) in [5, 5.41) is 11.4. The molecule has 5 heteroatoms. The average molecular weight is 228 g/mol. The molecular weight excluding hydrogens is 208 g/mol. The summed E-state index contributed by atoms with van der Waals surface area (Å²) in [6.07, 6.45) is 3.99. The molecule has 1 amide bonds. The summed E-state index contributed by atoms with van der Waals surface area (Å²) in [6.45, 7) is 2.93. The maximum atomic E-state index is 11.7. The first-order valence-electron chi connectivity index (χ1n) is 5.58. The van der Waals surface area contributed by atoms with Crippen LogP contribution in [0.5, 0.6) is 0 Å². The molecule has 0 spiro atoms. The van der Waals surface area contributed by atoms with Gasteiger partial charge in [-0.25, -0.2) is 4.79 Å². The molecule has 1 aliphatic rings. The van der Waals surface area contributed by atoms with E-state index in [1.807, 2.05) is 0 Å². The highest BCUT2D eigenvalue weighted by molar-refractivity contribution is 5.86. The van der Waals surface area contributed by atoms with E-state index in [4.69, 9.17) is 10.8 Å². The monoisotopic (exact) mass is 228 g/mol. The standard InChI is InChI=1S/C11H20N2O3/c1-10(2,9(15)16)13-8(14)7-11(12)5-3-4-6-11/h3-7,12H2,1-2H3,(H,13,14)(H,15,16). The van der Waals surface area contributed by atoms with Crippen LogP contribution in [0.3, 0.4) is 0 Å². The van der Waals surface area contributed by atoms with E-state index in [1.54, 1.807) is 0 Å². The fraction of sp³-hybridized carbons (Fsp3) is 0.818. The number of carbonyl (C=O) groups is 2. The van der Waals surface area contributed by atoms with E-state index in [0.717, 1.165) is 25.7 Å². The van der Waals surface area contributed by atoms with E-state index < -0.39 is 17.0 Å². The number of carboxylic acid groups (broad SMARTS) is 1. The predicted octanol–water partition coefficient (Wildman–Crippen LogP) is 0.627. The van der Waals surface area contributed by atoms with Crippen molar-refractivity contribution < 1.29 is 14.7 Å². The Labute approximate surface area is 95.4 Å². The van der Waals surface area contributed by atoms with Crippen LogP contribution in [0, 0.1) is 0 Å². The second-order valence-corrected chi connectivity index (χ2v) is 5.22. The molecule has 4 N–H and O–H groups in total. The minimum atomic E-state index is -1.23. The summed E-state index contributed by atoms with van der Waals surface area (Å²) >= 11 is 0. The van der Waals surface area contributed by atoms with E-state index in [2.05, 4.69) is 5.32 Å². The molecule has 1 saturated carbocycles. The van der Waals surface area contributed by atoms with Crippen LogP contribution in [-0.4, -0.2) is 28.1 Å². The van der Waals surface area contributed by atoms with Gasteiger partial charge in [0, 0.05) is 12.0 Å². The largest absolute Gasteiger partial charge is 0.480 e. The van der Waals surface area contributed by atoms with E-state index in [0.29, 0.717) is 0 Å². The molecule has 0 aromatic heterocycles. The molecule has 0 aliphatic heterocycles.